The number of carbonyl (C=O) groups excluding carboxylic acids is 1. The highest BCUT2D eigenvalue weighted by Crippen LogP contribution is 2.15. The first-order chi connectivity index (χ1) is 9.39. The zero-order chi connectivity index (χ0) is 15.2. The number of amides is 1. The molecule has 0 spiro atoms. The monoisotopic (exact) mass is 278 g/mol. The normalized spacial score (nSPS) is 11.2. The van der Waals surface area contributed by atoms with Gasteiger partial charge in [0.2, 0.25) is 0 Å². The van der Waals surface area contributed by atoms with Gasteiger partial charge < -0.3 is 15.3 Å². The molecule has 0 aromatic heterocycles. The van der Waals surface area contributed by atoms with Crippen molar-refractivity contribution < 1.29 is 9.90 Å². The fourth-order valence-corrected chi connectivity index (χ4v) is 1.81. The van der Waals surface area contributed by atoms with Crippen molar-refractivity contribution in [2.45, 2.75) is 39.2 Å². The zero-order valence-electron chi connectivity index (χ0n) is 12.9. The molecule has 112 valence electrons. The second-order valence-corrected chi connectivity index (χ2v) is 5.82. The average Bonchev–Trinajstić information content (AvgIpc) is 2.44. The summed E-state index contributed by atoms with van der Waals surface area (Å²) in [6, 6.07) is 7.55. The molecule has 0 saturated carbocycles. The first kappa shape index (κ1) is 16.5. The lowest BCUT2D eigenvalue weighted by atomic mass is 10.1. The molecule has 0 aliphatic heterocycles. The summed E-state index contributed by atoms with van der Waals surface area (Å²) in [6.07, 6.45) is 2.32. The van der Waals surface area contributed by atoms with Gasteiger partial charge in [0.15, 0.2) is 0 Å². The Morgan fingerprint density at radius 3 is 2.40 bits per heavy atom. The van der Waals surface area contributed by atoms with Gasteiger partial charge >= 0.3 is 0 Å². The molecule has 0 aliphatic rings. The van der Waals surface area contributed by atoms with Crippen molar-refractivity contribution in [3.8, 4) is 0 Å². The predicted molar refractivity (Wildman–Crippen MR) is 83.3 cm³/mol. The lowest BCUT2D eigenvalue weighted by molar-refractivity contribution is 0.0869. The van der Waals surface area contributed by atoms with Crippen molar-refractivity contribution in [2.24, 2.45) is 0 Å². The minimum Gasteiger partial charge on any atom is -0.394 e. The van der Waals surface area contributed by atoms with E-state index in [2.05, 4.69) is 24.2 Å². The van der Waals surface area contributed by atoms with Gasteiger partial charge in [-0.15, -0.1) is 0 Å². The number of hydrogen-bond donors (Lipinski definition) is 2. The van der Waals surface area contributed by atoms with Crippen LogP contribution in [0.25, 0.3) is 0 Å². The number of nitrogens with zero attached hydrogens (tertiary/aromatic N) is 1. The molecule has 1 aromatic carbocycles. The van der Waals surface area contributed by atoms with Gasteiger partial charge in [-0.25, -0.2) is 0 Å². The van der Waals surface area contributed by atoms with Gasteiger partial charge in [-0.2, -0.15) is 0 Å². The Hall–Kier alpha value is -1.55. The summed E-state index contributed by atoms with van der Waals surface area (Å²) in [5, 5.41) is 12.0. The lowest BCUT2D eigenvalue weighted by Gasteiger charge is -2.24. The van der Waals surface area contributed by atoms with Gasteiger partial charge in [-0.1, -0.05) is 13.3 Å². The van der Waals surface area contributed by atoms with Crippen molar-refractivity contribution in [3.05, 3.63) is 29.8 Å². The molecule has 0 bridgehead atoms. The Morgan fingerprint density at radius 1 is 1.30 bits per heavy atom. The third kappa shape index (κ3) is 4.85. The summed E-state index contributed by atoms with van der Waals surface area (Å²) >= 11 is 0. The van der Waals surface area contributed by atoms with Crippen LogP contribution in [0.3, 0.4) is 0 Å². The zero-order valence-corrected chi connectivity index (χ0v) is 12.9. The van der Waals surface area contributed by atoms with Crippen LogP contribution in [0.2, 0.25) is 0 Å². The Balaban J connectivity index is 2.68. The summed E-state index contributed by atoms with van der Waals surface area (Å²) < 4.78 is 0. The number of rotatable bonds is 7. The molecule has 0 saturated heterocycles. The van der Waals surface area contributed by atoms with Crippen LogP contribution < -0.4 is 10.2 Å². The van der Waals surface area contributed by atoms with E-state index in [0.717, 1.165) is 18.7 Å². The third-order valence-corrected chi connectivity index (χ3v) is 3.26. The Kier molecular flexibility index (Phi) is 6.02. The highest BCUT2D eigenvalue weighted by molar-refractivity contribution is 5.95. The molecule has 4 nitrogen and oxygen atoms in total. The number of aliphatic hydroxyl groups excluding tert-OH is 1. The molecule has 1 aromatic rings. The van der Waals surface area contributed by atoms with Gasteiger partial charge in [-0.3, -0.25) is 4.79 Å². The van der Waals surface area contributed by atoms with Crippen LogP contribution in [0.5, 0.6) is 0 Å². The quantitative estimate of drug-likeness (QED) is 0.805. The maximum absolute atomic E-state index is 12.0. The molecule has 0 radical (unpaired) electrons. The van der Waals surface area contributed by atoms with E-state index in [1.165, 1.54) is 6.42 Å². The van der Waals surface area contributed by atoms with Crippen LogP contribution in [0.4, 0.5) is 5.69 Å². The maximum Gasteiger partial charge on any atom is 0.251 e. The van der Waals surface area contributed by atoms with Crippen molar-refractivity contribution in [2.75, 3.05) is 25.1 Å². The minimum atomic E-state index is -0.603. The summed E-state index contributed by atoms with van der Waals surface area (Å²) in [4.78, 5) is 14.2. The van der Waals surface area contributed by atoms with Crippen molar-refractivity contribution in [1.82, 2.24) is 5.32 Å². The summed E-state index contributed by atoms with van der Waals surface area (Å²) in [7, 11) is 2.06. The molecular formula is C16H26N2O2. The smallest absolute Gasteiger partial charge is 0.251 e. The van der Waals surface area contributed by atoms with E-state index in [1.54, 1.807) is 13.8 Å². The van der Waals surface area contributed by atoms with Crippen LogP contribution in [0.1, 0.15) is 44.0 Å². The van der Waals surface area contributed by atoms with E-state index in [4.69, 9.17) is 5.11 Å². The molecule has 20 heavy (non-hydrogen) atoms. The van der Waals surface area contributed by atoms with Gasteiger partial charge in [0, 0.05) is 24.8 Å². The number of unbranched alkanes of at least 4 members (excludes halogenated alkanes) is 1. The number of nitrogens with one attached hydrogen (secondary N) is 1. The van der Waals surface area contributed by atoms with Crippen molar-refractivity contribution in [1.29, 1.82) is 0 Å². The molecule has 1 rings (SSSR count). The Bertz CT molecular complexity index is 427. The summed E-state index contributed by atoms with van der Waals surface area (Å²) in [5.41, 5.74) is 1.11. The summed E-state index contributed by atoms with van der Waals surface area (Å²) in [6.45, 7) is 6.68. The summed E-state index contributed by atoms with van der Waals surface area (Å²) in [5.74, 6) is -0.160. The van der Waals surface area contributed by atoms with E-state index in [0.29, 0.717) is 5.56 Å². The standard InChI is InChI=1S/C16H26N2O2/c1-5-6-11-18(4)14-9-7-13(8-10-14)15(20)17-16(2,3)12-19/h7-10,19H,5-6,11-12H2,1-4H3,(H,17,20). The van der Waals surface area contributed by atoms with E-state index < -0.39 is 5.54 Å². The van der Waals surface area contributed by atoms with E-state index in [-0.39, 0.29) is 12.5 Å². The lowest BCUT2D eigenvalue weighted by Crippen LogP contribution is -2.46. The van der Waals surface area contributed by atoms with Crippen LogP contribution in [0.15, 0.2) is 24.3 Å². The molecule has 0 unspecified atom stereocenters. The molecule has 0 atom stereocenters. The van der Waals surface area contributed by atoms with Gasteiger partial charge in [-0.05, 0) is 44.5 Å². The fourth-order valence-electron chi connectivity index (χ4n) is 1.81. The van der Waals surface area contributed by atoms with Crippen LogP contribution in [0, 0.1) is 0 Å². The predicted octanol–water partition coefficient (Wildman–Crippen LogP) is 2.42. The molecule has 2 N–H and O–H groups in total. The highest BCUT2D eigenvalue weighted by Gasteiger charge is 2.19. The maximum atomic E-state index is 12.0. The Labute approximate surface area is 121 Å². The molecule has 0 fully saturated rings. The molecule has 4 heteroatoms. The van der Waals surface area contributed by atoms with Gasteiger partial charge in [0.05, 0.1) is 12.1 Å². The molecular weight excluding hydrogens is 252 g/mol. The largest absolute Gasteiger partial charge is 0.394 e. The van der Waals surface area contributed by atoms with Crippen molar-refractivity contribution in [3.63, 3.8) is 0 Å². The number of benzene rings is 1. The van der Waals surface area contributed by atoms with E-state index in [1.807, 2.05) is 24.3 Å². The number of hydrogen-bond acceptors (Lipinski definition) is 3. The van der Waals surface area contributed by atoms with Gasteiger partial charge in [0.25, 0.3) is 5.91 Å². The van der Waals surface area contributed by atoms with Gasteiger partial charge in [0.1, 0.15) is 0 Å². The van der Waals surface area contributed by atoms with Crippen LogP contribution in [-0.4, -0.2) is 36.8 Å². The second-order valence-electron chi connectivity index (χ2n) is 5.82. The van der Waals surface area contributed by atoms with E-state index in [9.17, 15) is 4.79 Å². The molecule has 1 amide bonds. The van der Waals surface area contributed by atoms with E-state index >= 15 is 0 Å². The molecule has 0 aliphatic carbocycles. The SMILES string of the molecule is CCCCN(C)c1ccc(C(=O)NC(C)(C)CO)cc1. The number of anilines is 1. The minimum absolute atomic E-state index is 0.0867. The topological polar surface area (TPSA) is 52.6 Å². The van der Waals surface area contributed by atoms with Crippen LogP contribution >= 0.6 is 0 Å². The highest BCUT2D eigenvalue weighted by atomic mass is 16.3. The first-order valence-electron chi connectivity index (χ1n) is 7.14. The van der Waals surface area contributed by atoms with Crippen LogP contribution in [-0.2, 0) is 0 Å². The first-order valence-corrected chi connectivity index (χ1v) is 7.14. The second kappa shape index (κ2) is 7.29. The average molecular weight is 278 g/mol. The fraction of sp³-hybridized carbons (Fsp3) is 0.562. The number of aliphatic hydroxyl groups is 1. The van der Waals surface area contributed by atoms with Crippen molar-refractivity contribution >= 4 is 11.6 Å². The number of carbonyl (C=O) groups is 1. The molecule has 0 heterocycles. The third-order valence-electron chi connectivity index (χ3n) is 3.26. The Morgan fingerprint density at radius 2 is 1.90 bits per heavy atom.